The van der Waals surface area contributed by atoms with Crippen LogP contribution in [0.1, 0.15) is 22.3 Å². The number of anilines is 1. The number of amides is 2. The molecule has 2 amide bonds. The standard InChI is InChI=1S/C24H24N3O/c1-27(17-19-10-6-3-7-11-19)13-12-21-15-20(14-18-8-4-2-5-9-18)16-22-23(21)26-24(28)25-22/h2-11,15-16H,12-14,17H2,1H3,(H,25,28). The zero-order valence-corrected chi connectivity index (χ0v) is 16.1. The van der Waals surface area contributed by atoms with E-state index in [1.807, 2.05) is 18.2 Å². The number of carbonyl (C=O) groups excluding carboxylic acids is 1. The van der Waals surface area contributed by atoms with Crippen LogP contribution in [0, 0.1) is 0 Å². The molecule has 3 aromatic carbocycles. The van der Waals surface area contributed by atoms with Gasteiger partial charge in [0.15, 0.2) is 0 Å². The van der Waals surface area contributed by atoms with Crippen LogP contribution >= 0.6 is 0 Å². The predicted octanol–water partition coefficient (Wildman–Crippen LogP) is 4.73. The Bertz CT molecular complexity index is 954. The first-order chi connectivity index (χ1) is 13.7. The van der Waals surface area contributed by atoms with Crippen LogP contribution in [0.25, 0.3) is 0 Å². The third-order valence-electron chi connectivity index (χ3n) is 5.01. The quantitative estimate of drug-likeness (QED) is 0.653. The molecule has 0 saturated heterocycles. The predicted molar refractivity (Wildman–Crippen MR) is 113 cm³/mol. The number of benzene rings is 3. The molecule has 4 nitrogen and oxygen atoms in total. The number of likely N-dealkylation sites (N-methyl/N-ethyl adjacent to an activating group) is 1. The second-order valence-corrected chi connectivity index (χ2v) is 7.33. The first-order valence-electron chi connectivity index (χ1n) is 9.62. The van der Waals surface area contributed by atoms with Crippen molar-refractivity contribution in [2.45, 2.75) is 19.4 Å². The lowest BCUT2D eigenvalue weighted by Gasteiger charge is -2.18. The van der Waals surface area contributed by atoms with Crippen molar-refractivity contribution >= 4 is 17.4 Å². The SMILES string of the molecule is CN(CCc1cc(Cc2ccccc2)cc2c1[N]C(=O)N2)Cc1ccccc1. The van der Waals surface area contributed by atoms with Gasteiger partial charge in [0.25, 0.3) is 0 Å². The molecular formula is C24H24N3O. The van der Waals surface area contributed by atoms with Crippen LogP contribution in [0.5, 0.6) is 0 Å². The summed E-state index contributed by atoms with van der Waals surface area (Å²) in [6.07, 6.45) is 1.70. The Labute approximate surface area is 166 Å². The van der Waals surface area contributed by atoms with Crippen molar-refractivity contribution in [3.8, 4) is 0 Å². The van der Waals surface area contributed by atoms with E-state index in [1.165, 1.54) is 16.7 Å². The summed E-state index contributed by atoms with van der Waals surface area (Å²) < 4.78 is 0. The first-order valence-corrected chi connectivity index (χ1v) is 9.62. The van der Waals surface area contributed by atoms with Gasteiger partial charge in [-0.05, 0) is 48.2 Å². The summed E-state index contributed by atoms with van der Waals surface area (Å²) in [5, 5.41) is 7.07. The van der Waals surface area contributed by atoms with Crippen molar-refractivity contribution in [2.75, 3.05) is 18.9 Å². The summed E-state index contributed by atoms with van der Waals surface area (Å²) in [7, 11) is 2.13. The highest BCUT2D eigenvalue weighted by molar-refractivity contribution is 6.03. The van der Waals surface area contributed by atoms with Gasteiger partial charge in [-0.2, -0.15) is 5.32 Å². The lowest BCUT2D eigenvalue weighted by atomic mass is 9.99. The molecule has 1 heterocycles. The largest absolute Gasteiger partial charge is 0.346 e. The van der Waals surface area contributed by atoms with Gasteiger partial charge in [-0.3, -0.25) is 0 Å². The Hall–Kier alpha value is -3.11. The lowest BCUT2D eigenvalue weighted by molar-refractivity contribution is 0.256. The molecule has 0 spiro atoms. The summed E-state index contributed by atoms with van der Waals surface area (Å²) in [6.45, 7) is 1.81. The number of hydrogen-bond acceptors (Lipinski definition) is 2. The molecule has 0 aromatic heterocycles. The molecular weight excluding hydrogens is 346 g/mol. The molecule has 3 aromatic rings. The van der Waals surface area contributed by atoms with Crippen molar-refractivity contribution in [1.82, 2.24) is 10.2 Å². The van der Waals surface area contributed by atoms with E-state index in [2.05, 4.69) is 77.2 Å². The van der Waals surface area contributed by atoms with Crippen LogP contribution in [0.3, 0.4) is 0 Å². The van der Waals surface area contributed by atoms with E-state index in [0.29, 0.717) is 0 Å². The van der Waals surface area contributed by atoms with Gasteiger partial charge in [-0.25, -0.2) is 4.79 Å². The topological polar surface area (TPSA) is 46.4 Å². The molecule has 1 N–H and O–H groups in total. The summed E-state index contributed by atoms with van der Waals surface area (Å²) in [5.74, 6) is 0. The Morgan fingerprint density at radius 2 is 1.57 bits per heavy atom. The second-order valence-electron chi connectivity index (χ2n) is 7.33. The number of urea groups is 1. The monoisotopic (exact) mass is 370 g/mol. The first kappa shape index (κ1) is 18.3. The normalized spacial score (nSPS) is 12.6. The Balaban J connectivity index is 1.50. The fourth-order valence-corrected chi connectivity index (χ4v) is 3.64. The minimum Gasteiger partial charge on any atom is -0.304 e. The Morgan fingerprint density at radius 3 is 2.29 bits per heavy atom. The number of rotatable bonds is 7. The molecule has 0 aliphatic carbocycles. The van der Waals surface area contributed by atoms with Crippen LogP contribution in [0.15, 0.2) is 72.8 Å². The van der Waals surface area contributed by atoms with Crippen LogP contribution in [0.2, 0.25) is 0 Å². The molecule has 1 aliphatic rings. The molecule has 141 valence electrons. The van der Waals surface area contributed by atoms with Crippen LogP contribution in [0.4, 0.5) is 16.2 Å². The van der Waals surface area contributed by atoms with Crippen molar-refractivity contribution in [2.24, 2.45) is 0 Å². The Morgan fingerprint density at radius 1 is 0.893 bits per heavy atom. The highest BCUT2D eigenvalue weighted by Gasteiger charge is 2.23. The van der Waals surface area contributed by atoms with Gasteiger partial charge < -0.3 is 10.2 Å². The van der Waals surface area contributed by atoms with Gasteiger partial charge in [0.1, 0.15) is 0 Å². The summed E-state index contributed by atoms with van der Waals surface area (Å²) >= 11 is 0. The van der Waals surface area contributed by atoms with E-state index in [-0.39, 0.29) is 6.03 Å². The van der Waals surface area contributed by atoms with Gasteiger partial charge in [-0.1, -0.05) is 66.7 Å². The highest BCUT2D eigenvalue weighted by atomic mass is 16.2. The Kier molecular flexibility index (Phi) is 5.40. The van der Waals surface area contributed by atoms with E-state index in [4.69, 9.17) is 0 Å². The van der Waals surface area contributed by atoms with Crippen molar-refractivity contribution in [1.29, 1.82) is 0 Å². The molecule has 1 aliphatic heterocycles. The summed E-state index contributed by atoms with van der Waals surface area (Å²) in [5.41, 5.74) is 6.52. The number of fused-ring (bicyclic) bond motifs is 1. The van der Waals surface area contributed by atoms with Gasteiger partial charge in [0.2, 0.25) is 0 Å². The average Bonchev–Trinajstić information content (AvgIpc) is 3.08. The summed E-state index contributed by atoms with van der Waals surface area (Å²) in [4.78, 5) is 14.1. The third-order valence-corrected chi connectivity index (χ3v) is 5.01. The molecule has 4 heteroatoms. The maximum absolute atomic E-state index is 11.8. The number of carbonyl (C=O) groups is 1. The second kappa shape index (κ2) is 8.28. The minimum atomic E-state index is -0.272. The van der Waals surface area contributed by atoms with Crippen molar-refractivity contribution < 1.29 is 4.79 Å². The third kappa shape index (κ3) is 4.41. The molecule has 28 heavy (non-hydrogen) atoms. The maximum atomic E-state index is 11.8. The van der Waals surface area contributed by atoms with E-state index >= 15 is 0 Å². The number of nitrogens with zero attached hydrogens (tertiary/aromatic N) is 2. The van der Waals surface area contributed by atoms with Crippen LogP contribution in [-0.4, -0.2) is 24.5 Å². The molecule has 0 bridgehead atoms. The minimum absolute atomic E-state index is 0.272. The van der Waals surface area contributed by atoms with Crippen LogP contribution < -0.4 is 10.6 Å². The van der Waals surface area contributed by atoms with Gasteiger partial charge in [0.05, 0.1) is 11.4 Å². The lowest BCUT2D eigenvalue weighted by Crippen LogP contribution is -2.21. The number of hydrogen-bond donors (Lipinski definition) is 1. The fourth-order valence-electron chi connectivity index (χ4n) is 3.64. The zero-order chi connectivity index (χ0) is 19.3. The van der Waals surface area contributed by atoms with Crippen molar-refractivity contribution in [3.05, 3.63) is 95.1 Å². The molecule has 1 radical (unpaired) electrons. The van der Waals surface area contributed by atoms with Crippen LogP contribution in [-0.2, 0) is 19.4 Å². The maximum Gasteiger partial charge on any atom is 0.346 e. The van der Waals surface area contributed by atoms with E-state index in [1.54, 1.807) is 0 Å². The molecule has 0 atom stereocenters. The number of nitrogens with one attached hydrogen (secondary N) is 1. The van der Waals surface area contributed by atoms with Crippen molar-refractivity contribution in [3.63, 3.8) is 0 Å². The molecule has 0 saturated carbocycles. The molecule has 0 unspecified atom stereocenters. The van der Waals surface area contributed by atoms with E-state index < -0.39 is 0 Å². The zero-order valence-electron chi connectivity index (χ0n) is 16.1. The van der Waals surface area contributed by atoms with E-state index in [0.717, 1.165) is 42.9 Å². The smallest absolute Gasteiger partial charge is 0.304 e. The van der Waals surface area contributed by atoms with E-state index in [9.17, 15) is 4.79 Å². The molecule has 4 rings (SSSR count). The van der Waals surface area contributed by atoms with Gasteiger partial charge in [0, 0.05) is 13.1 Å². The fraction of sp³-hybridized carbons (Fsp3) is 0.208. The highest BCUT2D eigenvalue weighted by Crippen LogP contribution is 2.34. The molecule has 0 fully saturated rings. The van der Waals surface area contributed by atoms with Gasteiger partial charge in [-0.15, -0.1) is 0 Å². The summed E-state index contributed by atoms with van der Waals surface area (Å²) in [6, 6.07) is 24.8. The average molecular weight is 370 g/mol. The van der Waals surface area contributed by atoms with Gasteiger partial charge >= 0.3 is 6.03 Å².